The lowest BCUT2D eigenvalue weighted by atomic mass is 9.88. The highest BCUT2D eigenvalue weighted by Gasteiger charge is 2.27. The van der Waals surface area contributed by atoms with Crippen LogP contribution in [0.2, 0.25) is 10.0 Å². The Morgan fingerprint density at radius 2 is 1.77 bits per heavy atom. The van der Waals surface area contributed by atoms with Gasteiger partial charge in [0.1, 0.15) is 11.5 Å². The molecule has 2 aromatic carbocycles. The van der Waals surface area contributed by atoms with E-state index in [4.69, 9.17) is 32.7 Å². The quantitative estimate of drug-likeness (QED) is 0.406. The predicted molar refractivity (Wildman–Crippen MR) is 118 cm³/mol. The normalized spacial score (nSPS) is 14.4. The molecule has 5 nitrogen and oxygen atoms in total. The summed E-state index contributed by atoms with van der Waals surface area (Å²) in [5, 5.41) is 1.01. The Morgan fingerprint density at radius 1 is 1.07 bits per heavy atom. The van der Waals surface area contributed by atoms with Gasteiger partial charge in [-0.3, -0.25) is 9.59 Å². The Labute approximate surface area is 186 Å². The Bertz CT molecular complexity index is 877. The molecule has 0 bridgehead atoms. The lowest BCUT2D eigenvalue weighted by molar-refractivity contribution is -0.132. The summed E-state index contributed by atoms with van der Waals surface area (Å²) in [6.45, 7) is 1.62. The van der Waals surface area contributed by atoms with E-state index >= 15 is 0 Å². The van der Waals surface area contributed by atoms with Crippen LogP contribution >= 0.6 is 23.2 Å². The molecule has 0 unspecified atom stereocenters. The predicted octanol–water partition coefficient (Wildman–Crippen LogP) is 5.28. The van der Waals surface area contributed by atoms with Crippen molar-refractivity contribution in [3.05, 3.63) is 58.1 Å². The molecule has 0 radical (unpaired) electrons. The number of likely N-dealkylation sites (tertiary alicyclic amines) is 1. The first-order valence-electron chi connectivity index (χ1n) is 10.0. The maximum Gasteiger partial charge on any atom is 0.222 e. The number of benzene rings is 2. The van der Waals surface area contributed by atoms with E-state index in [9.17, 15) is 9.59 Å². The molecule has 0 aromatic heterocycles. The van der Waals surface area contributed by atoms with Crippen LogP contribution in [0.4, 0.5) is 0 Å². The molecule has 0 spiro atoms. The Kier molecular flexibility index (Phi) is 8.00. The summed E-state index contributed by atoms with van der Waals surface area (Å²) in [4.78, 5) is 27.0. The fraction of sp³-hybridized carbons (Fsp3) is 0.391. The van der Waals surface area contributed by atoms with E-state index in [0.29, 0.717) is 66.7 Å². The molecule has 1 aliphatic rings. The molecule has 0 saturated carbocycles. The highest BCUT2D eigenvalue weighted by Crippen LogP contribution is 2.28. The summed E-state index contributed by atoms with van der Waals surface area (Å²) in [6.07, 6.45) is 2.38. The molecular formula is C23H25Cl2NO4. The highest BCUT2D eigenvalue weighted by molar-refractivity contribution is 6.35. The summed E-state index contributed by atoms with van der Waals surface area (Å²) >= 11 is 11.9. The van der Waals surface area contributed by atoms with Crippen molar-refractivity contribution in [3.8, 4) is 11.5 Å². The first-order valence-corrected chi connectivity index (χ1v) is 10.8. The third kappa shape index (κ3) is 5.89. The molecule has 30 heavy (non-hydrogen) atoms. The number of ether oxygens (including phenoxy) is 2. The van der Waals surface area contributed by atoms with Gasteiger partial charge >= 0.3 is 0 Å². The molecule has 0 atom stereocenters. The zero-order valence-corrected chi connectivity index (χ0v) is 18.4. The van der Waals surface area contributed by atoms with Gasteiger partial charge in [-0.2, -0.15) is 0 Å². The maximum absolute atomic E-state index is 12.7. The van der Waals surface area contributed by atoms with E-state index in [1.807, 2.05) is 4.90 Å². The monoisotopic (exact) mass is 449 g/mol. The smallest absolute Gasteiger partial charge is 0.222 e. The number of halogens is 2. The van der Waals surface area contributed by atoms with E-state index in [0.717, 1.165) is 5.75 Å². The van der Waals surface area contributed by atoms with Crippen molar-refractivity contribution < 1.29 is 19.1 Å². The van der Waals surface area contributed by atoms with Gasteiger partial charge in [-0.15, -0.1) is 0 Å². The van der Waals surface area contributed by atoms with Crippen LogP contribution in [0.5, 0.6) is 11.5 Å². The zero-order valence-electron chi connectivity index (χ0n) is 16.9. The van der Waals surface area contributed by atoms with Crippen molar-refractivity contribution in [2.45, 2.75) is 25.7 Å². The van der Waals surface area contributed by atoms with Gasteiger partial charge in [-0.1, -0.05) is 23.2 Å². The average Bonchev–Trinajstić information content (AvgIpc) is 2.77. The van der Waals surface area contributed by atoms with Crippen LogP contribution in [0, 0.1) is 5.92 Å². The Hall–Kier alpha value is -2.24. The Morgan fingerprint density at radius 3 is 2.40 bits per heavy atom. The van der Waals surface area contributed by atoms with Gasteiger partial charge in [-0.05, 0) is 61.7 Å². The lowest BCUT2D eigenvalue weighted by Crippen LogP contribution is -2.40. The molecule has 2 aromatic rings. The van der Waals surface area contributed by atoms with Crippen LogP contribution in [-0.4, -0.2) is 43.4 Å². The van der Waals surface area contributed by atoms with Gasteiger partial charge in [0.05, 0.1) is 18.7 Å². The van der Waals surface area contributed by atoms with Crippen molar-refractivity contribution in [1.29, 1.82) is 0 Å². The zero-order chi connectivity index (χ0) is 21.5. The number of carbonyl (C=O) groups excluding carboxylic acids is 2. The molecule has 0 aliphatic carbocycles. The fourth-order valence-corrected chi connectivity index (χ4v) is 4.00. The molecule has 7 heteroatoms. The summed E-state index contributed by atoms with van der Waals surface area (Å²) in [6, 6.07) is 12.2. The first kappa shape index (κ1) is 22.4. The summed E-state index contributed by atoms with van der Waals surface area (Å²) in [7, 11) is 1.60. The molecule has 160 valence electrons. The van der Waals surface area contributed by atoms with Crippen LogP contribution in [0.25, 0.3) is 0 Å². The number of rotatable bonds is 8. The van der Waals surface area contributed by atoms with E-state index < -0.39 is 0 Å². The van der Waals surface area contributed by atoms with Crippen molar-refractivity contribution >= 4 is 34.9 Å². The van der Waals surface area contributed by atoms with E-state index in [2.05, 4.69) is 0 Å². The highest BCUT2D eigenvalue weighted by atomic mass is 35.5. The van der Waals surface area contributed by atoms with Crippen molar-refractivity contribution in [1.82, 2.24) is 4.90 Å². The van der Waals surface area contributed by atoms with Crippen LogP contribution in [0.1, 0.15) is 36.0 Å². The maximum atomic E-state index is 12.7. The van der Waals surface area contributed by atoms with Crippen molar-refractivity contribution in [2.75, 3.05) is 26.8 Å². The van der Waals surface area contributed by atoms with Gasteiger partial charge in [-0.25, -0.2) is 0 Å². The van der Waals surface area contributed by atoms with Gasteiger partial charge < -0.3 is 14.4 Å². The van der Waals surface area contributed by atoms with Gasteiger partial charge in [0.25, 0.3) is 0 Å². The van der Waals surface area contributed by atoms with Crippen LogP contribution in [0.15, 0.2) is 42.5 Å². The second-order valence-corrected chi connectivity index (χ2v) is 8.12. The molecule has 3 rings (SSSR count). The third-order valence-electron chi connectivity index (χ3n) is 5.28. The number of methoxy groups -OCH3 is 1. The number of hydrogen-bond donors (Lipinski definition) is 0. The number of hydrogen-bond acceptors (Lipinski definition) is 4. The van der Waals surface area contributed by atoms with E-state index in [1.165, 1.54) is 0 Å². The SMILES string of the molecule is COc1ccc(C(=O)C2CCN(C(=O)CCCOc3ccc(Cl)cc3Cl)CC2)cc1. The molecular weight excluding hydrogens is 425 g/mol. The topological polar surface area (TPSA) is 55.8 Å². The molecule has 1 amide bonds. The molecule has 1 heterocycles. The van der Waals surface area contributed by atoms with Gasteiger partial charge in [0, 0.05) is 36.0 Å². The number of nitrogens with zero attached hydrogens (tertiary/aromatic N) is 1. The number of Topliss-reactive ketones (excluding diaryl/α,β-unsaturated/α-hetero) is 1. The van der Waals surface area contributed by atoms with Crippen molar-refractivity contribution in [2.24, 2.45) is 5.92 Å². The van der Waals surface area contributed by atoms with Crippen LogP contribution in [0.3, 0.4) is 0 Å². The number of amides is 1. The van der Waals surface area contributed by atoms with E-state index in [-0.39, 0.29) is 17.6 Å². The van der Waals surface area contributed by atoms with Crippen LogP contribution in [-0.2, 0) is 4.79 Å². The largest absolute Gasteiger partial charge is 0.497 e. The minimum absolute atomic E-state index is 0.0437. The second-order valence-electron chi connectivity index (χ2n) is 7.27. The second kappa shape index (κ2) is 10.7. The summed E-state index contributed by atoms with van der Waals surface area (Å²) in [5.74, 6) is 1.48. The number of piperidine rings is 1. The first-order chi connectivity index (χ1) is 14.5. The number of carbonyl (C=O) groups is 2. The minimum Gasteiger partial charge on any atom is -0.497 e. The number of ketones is 1. The van der Waals surface area contributed by atoms with Crippen LogP contribution < -0.4 is 9.47 Å². The summed E-state index contributed by atoms with van der Waals surface area (Å²) in [5.41, 5.74) is 0.693. The van der Waals surface area contributed by atoms with Crippen molar-refractivity contribution in [3.63, 3.8) is 0 Å². The molecule has 0 N–H and O–H groups in total. The minimum atomic E-state index is -0.0437. The molecule has 1 fully saturated rings. The molecule has 1 saturated heterocycles. The fourth-order valence-electron chi connectivity index (χ4n) is 3.54. The third-order valence-corrected chi connectivity index (χ3v) is 5.81. The lowest BCUT2D eigenvalue weighted by Gasteiger charge is -2.31. The standard InChI is InChI=1S/C23H25Cl2NO4/c1-29-19-7-4-16(5-8-19)23(28)17-10-12-26(13-11-17)22(27)3-2-14-30-21-9-6-18(24)15-20(21)25/h4-9,15,17H,2-3,10-14H2,1H3. The average molecular weight is 450 g/mol. The summed E-state index contributed by atoms with van der Waals surface area (Å²) < 4.78 is 10.8. The Balaban J connectivity index is 1.39. The van der Waals surface area contributed by atoms with Gasteiger partial charge in [0.2, 0.25) is 5.91 Å². The van der Waals surface area contributed by atoms with E-state index in [1.54, 1.807) is 49.6 Å². The molecule has 1 aliphatic heterocycles. The van der Waals surface area contributed by atoms with Gasteiger partial charge in [0.15, 0.2) is 5.78 Å².